The lowest BCUT2D eigenvalue weighted by atomic mass is 10.1. The Morgan fingerprint density at radius 2 is 2.00 bits per heavy atom. The summed E-state index contributed by atoms with van der Waals surface area (Å²) < 4.78 is 0.816. The minimum atomic E-state index is 0.755. The summed E-state index contributed by atoms with van der Waals surface area (Å²) in [5.74, 6) is 1.64. The second-order valence-electron chi connectivity index (χ2n) is 4.33. The monoisotopic (exact) mass is 321 g/mol. The third-order valence-electron chi connectivity index (χ3n) is 2.76. The molecule has 0 aliphatic heterocycles. The van der Waals surface area contributed by atoms with E-state index in [0.717, 1.165) is 26.6 Å². The van der Waals surface area contributed by atoms with Gasteiger partial charge in [-0.3, -0.25) is 5.10 Å². The summed E-state index contributed by atoms with van der Waals surface area (Å²) in [6.07, 6.45) is 0. The van der Waals surface area contributed by atoms with Gasteiger partial charge in [-0.2, -0.15) is 0 Å². The summed E-state index contributed by atoms with van der Waals surface area (Å²) in [6, 6.07) is 12.2. The summed E-state index contributed by atoms with van der Waals surface area (Å²) in [5, 5.41) is 7.97. The molecule has 0 aliphatic rings. The number of hydrogen-bond acceptors (Lipinski definition) is 4. The molecule has 0 fully saturated rings. The molecular formula is C14H12ClN3S2. The van der Waals surface area contributed by atoms with E-state index in [1.54, 1.807) is 23.1 Å². The number of hydrogen-bond donors (Lipinski definition) is 1. The molecule has 0 saturated heterocycles. The van der Waals surface area contributed by atoms with E-state index in [-0.39, 0.29) is 0 Å². The number of aromatic nitrogens is 3. The van der Waals surface area contributed by atoms with Crippen LogP contribution >= 0.6 is 34.7 Å². The van der Waals surface area contributed by atoms with Crippen molar-refractivity contribution in [2.24, 2.45) is 0 Å². The van der Waals surface area contributed by atoms with E-state index in [2.05, 4.69) is 34.2 Å². The molecule has 3 rings (SSSR count). The van der Waals surface area contributed by atoms with Gasteiger partial charge in [-0.15, -0.1) is 16.4 Å². The Morgan fingerprint density at radius 3 is 2.70 bits per heavy atom. The van der Waals surface area contributed by atoms with Crippen LogP contribution in [0.5, 0.6) is 0 Å². The van der Waals surface area contributed by atoms with Crippen molar-refractivity contribution in [2.75, 3.05) is 0 Å². The van der Waals surface area contributed by atoms with Crippen LogP contribution in [-0.2, 0) is 5.75 Å². The third kappa shape index (κ3) is 3.23. The van der Waals surface area contributed by atoms with Gasteiger partial charge in [0.05, 0.1) is 4.34 Å². The van der Waals surface area contributed by atoms with Crippen LogP contribution in [0, 0.1) is 6.92 Å². The van der Waals surface area contributed by atoms with Crippen molar-refractivity contribution in [3.8, 4) is 11.4 Å². The first-order valence-corrected chi connectivity index (χ1v) is 8.25. The van der Waals surface area contributed by atoms with Crippen molar-refractivity contribution in [1.82, 2.24) is 15.2 Å². The summed E-state index contributed by atoms with van der Waals surface area (Å²) in [6.45, 7) is 2.07. The fraction of sp³-hybridized carbons (Fsp3) is 0.143. The molecule has 1 aromatic carbocycles. The van der Waals surface area contributed by atoms with Crippen LogP contribution < -0.4 is 0 Å². The first-order valence-electron chi connectivity index (χ1n) is 6.07. The number of aryl methyl sites for hydroxylation is 1. The van der Waals surface area contributed by atoms with Crippen molar-refractivity contribution in [3.05, 3.63) is 51.2 Å². The molecule has 2 heterocycles. The number of thioether (sulfide) groups is 1. The highest BCUT2D eigenvalue weighted by atomic mass is 35.5. The van der Waals surface area contributed by atoms with E-state index in [1.165, 1.54) is 10.4 Å². The lowest BCUT2D eigenvalue weighted by Gasteiger charge is -1.96. The van der Waals surface area contributed by atoms with Crippen LogP contribution in [0.25, 0.3) is 11.4 Å². The van der Waals surface area contributed by atoms with E-state index in [1.807, 2.05) is 24.3 Å². The van der Waals surface area contributed by atoms with Gasteiger partial charge in [0.2, 0.25) is 5.16 Å². The smallest absolute Gasteiger partial charge is 0.209 e. The van der Waals surface area contributed by atoms with Crippen molar-refractivity contribution in [1.29, 1.82) is 0 Å². The van der Waals surface area contributed by atoms with E-state index in [9.17, 15) is 0 Å². The van der Waals surface area contributed by atoms with Gasteiger partial charge in [0.25, 0.3) is 0 Å². The van der Waals surface area contributed by atoms with Gasteiger partial charge >= 0.3 is 0 Å². The molecule has 0 unspecified atom stereocenters. The maximum absolute atomic E-state index is 5.91. The van der Waals surface area contributed by atoms with E-state index in [4.69, 9.17) is 11.6 Å². The van der Waals surface area contributed by atoms with Gasteiger partial charge in [-0.25, -0.2) is 4.98 Å². The number of thiophene rings is 1. The molecule has 2 aromatic heterocycles. The van der Waals surface area contributed by atoms with Crippen molar-refractivity contribution in [3.63, 3.8) is 0 Å². The SMILES string of the molecule is Cc1ccc(-c2nc(SCc3ccc(Cl)s3)n[nH]2)cc1. The van der Waals surface area contributed by atoms with Crippen LogP contribution in [-0.4, -0.2) is 15.2 Å². The quantitative estimate of drug-likeness (QED) is 0.703. The number of nitrogens with one attached hydrogen (secondary N) is 1. The molecule has 3 nitrogen and oxygen atoms in total. The summed E-state index contributed by atoms with van der Waals surface area (Å²) in [4.78, 5) is 5.72. The molecule has 0 radical (unpaired) electrons. The number of aromatic amines is 1. The zero-order chi connectivity index (χ0) is 13.9. The lowest BCUT2D eigenvalue weighted by molar-refractivity contribution is 0.973. The Hall–Kier alpha value is -1.30. The van der Waals surface area contributed by atoms with Gasteiger partial charge < -0.3 is 0 Å². The number of nitrogens with zero attached hydrogens (tertiary/aromatic N) is 2. The molecule has 20 heavy (non-hydrogen) atoms. The van der Waals surface area contributed by atoms with Gasteiger partial charge in [-0.05, 0) is 19.1 Å². The van der Waals surface area contributed by atoms with Crippen LogP contribution in [0.15, 0.2) is 41.6 Å². The number of H-pyrrole nitrogens is 1. The molecule has 6 heteroatoms. The molecule has 3 aromatic rings. The average molecular weight is 322 g/mol. The maximum Gasteiger partial charge on any atom is 0.209 e. The zero-order valence-corrected chi connectivity index (χ0v) is 13.1. The van der Waals surface area contributed by atoms with Crippen molar-refractivity contribution < 1.29 is 0 Å². The molecule has 0 saturated carbocycles. The molecule has 0 spiro atoms. The minimum absolute atomic E-state index is 0.755. The summed E-state index contributed by atoms with van der Waals surface area (Å²) >= 11 is 9.11. The minimum Gasteiger partial charge on any atom is -0.258 e. The van der Waals surface area contributed by atoms with Crippen LogP contribution in [0.2, 0.25) is 4.34 Å². The number of halogens is 1. The Kier molecular flexibility index (Phi) is 4.10. The molecular weight excluding hydrogens is 310 g/mol. The summed E-state index contributed by atoms with van der Waals surface area (Å²) in [5.41, 5.74) is 2.28. The van der Waals surface area contributed by atoms with Gasteiger partial charge in [0, 0.05) is 16.2 Å². The number of rotatable bonds is 4. The molecule has 102 valence electrons. The highest BCUT2D eigenvalue weighted by Gasteiger charge is 2.07. The standard InChI is InChI=1S/C14H12ClN3S2/c1-9-2-4-10(5-3-9)13-16-14(18-17-13)19-8-11-6-7-12(15)20-11/h2-7H,8H2,1H3,(H,16,17,18). The average Bonchev–Trinajstić information content (AvgIpc) is 3.06. The third-order valence-corrected chi connectivity index (χ3v) is 5.07. The number of benzene rings is 1. The van der Waals surface area contributed by atoms with Crippen molar-refractivity contribution >= 4 is 34.7 Å². The second kappa shape index (κ2) is 5.99. The fourth-order valence-corrected chi connectivity index (χ4v) is 3.65. The summed E-state index contributed by atoms with van der Waals surface area (Å²) in [7, 11) is 0. The fourth-order valence-electron chi connectivity index (χ4n) is 1.72. The largest absolute Gasteiger partial charge is 0.258 e. The Bertz CT molecular complexity index is 703. The van der Waals surface area contributed by atoms with Crippen LogP contribution in [0.1, 0.15) is 10.4 Å². The molecule has 0 atom stereocenters. The van der Waals surface area contributed by atoms with Gasteiger partial charge in [-0.1, -0.05) is 53.2 Å². The first-order chi connectivity index (χ1) is 9.70. The van der Waals surface area contributed by atoms with Crippen LogP contribution in [0.4, 0.5) is 0 Å². The van der Waals surface area contributed by atoms with E-state index < -0.39 is 0 Å². The van der Waals surface area contributed by atoms with E-state index >= 15 is 0 Å². The molecule has 0 bridgehead atoms. The van der Waals surface area contributed by atoms with Crippen LogP contribution in [0.3, 0.4) is 0 Å². The highest BCUT2D eigenvalue weighted by Crippen LogP contribution is 2.28. The molecule has 1 N–H and O–H groups in total. The predicted molar refractivity (Wildman–Crippen MR) is 85.4 cm³/mol. The van der Waals surface area contributed by atoms with Crippen molar-refractivity contribution in [2.45, 2.75) is 17.8 Å². The normalized spacial score (nSPS) is 10.9. The van der Waals surface area contributed by atoms with Gasteiger partial charge in [0.1, 0.15) is 0 Å². The molecule has 0 amide bonds. The highest BCUT2D eigenvalue weighted by molar-refractivity contribution is 7.98. The topological polar surface area (TPSA) is 41.6 Å². The zero-order valence-electron chi connectivity index (χ0n) is 10.8. The Labute approximate surface area is 130 Å². The lowest BCUT2D eigenvalue weighted by Crippen LogP contribution is -1.81. The first kappa shape index (κ1) is 13.7. The van der Waals surface area contributed by atoms with E-state index in [0.29, 0.717) is 0 Å². The second-order valence-corrected chi connectivity index (χ2v) is 7.07. The Balaban J connectivity index is 1.69. The van der Waals surface area contributed by atoms with Gasteiger partial charge in [0.15, 0.2) is 5.82 Å². The maximum atomic E-state index is 5.91. The Morgan fingerprint density at radius 1 is 1.20 bits per heavy atom. The molecule has 0 aliphatic carbocycles. The predicted octanol–water partition coefficient (Wildman–Crippen LogP) is 4.79.